The summed E-state index contributed by atoms with van der Waals surface area (Å²) < 4.78 is 5.71. The maximum atomic E-state index is 10.4. The Morgan fingerprint density at radius 3 is 2.38 bits per heavy atom. The van der Waals surface area contributed by atoms with Gasteiger partial charge in [0.15, 0.2) is 0 Å². The van der Waals surface area contributed by atoms with Crippen LogP contribution in [0.4, 0.5) is 0 Å². The third-order valence-corrected chi connectivity index (χ3v) is 4.57. The second-order valence-corrected chi connectivity index (χ2v) is 7.50. The molecule has 0 saturated heterocycles. The van der Waals surface area contributed by atoms with Crippen LogP contribution in [0.15, 0.2) is 54.6 Å². The summed E-state index contributed by atoms with van der Waals surface area (Å²) in [6, 6.07) is 18.6. The zero-order valence-corrected chi connectivity index (χ0v) is 16.4. The van der Waals surface area contributed by atoms with E-state index in [1.54, 1.807) is 0 Å². The largest absolute Gasteiger partial charge is 0.389 e. The number of aliphatic hydroxyl groups is 1. The molecule has 0 aromatic heterocycles. The van der Waals surface area contributed by atoms with Crippen molar-refractivity contribution in [2.24, 2.45) is 5.92 Å². The number of rotatable bonds is 11. The predicted octanol–water partition coefficient (Wildman–Crippen LogP) is 4.42. The molecule has 2 aromatic carbocycles. The Bertz CT molecular complexity index is 627. The summed E-state index contributed by atoms with van der Waals surface area (Å²) in [6.07, 6.45) is 0.651. The van der Waals surface area contributed by atoms with E-state index < -0.39 is 6.10 Å². The minimum Gasteiger partial charge on any atom is -0.389 e. The molecule has 1 atom stereocenters. The monoisotopic (exact) mass is 355 g/mol. The Balaban J connectivity index is 1.85. The second-order valence-electron chi connectivity index (χ2n) is 7.50. The van der Waals surface area contributed by atoms with Crippen molar-refractivity contribution in [3.05, 3.63) is 71.3 Å². The highest BCUT2D eigenvalue weighted by Gasteiger charge is 2.14. The zero-order chi connectivity index (χ0) is 18.8. The minimum absolute atomic E-state index is 0.362. The molecule has 26 heavy (non-hydrogen) atoms. The molecule has 0 aliphatic heterocycles. The number of nitrogens with zero attached hydrogens (tertiary/aromatic N) is 1. The Labute approximate surface area is 158 Å². The van der Waals surface area contributed by atoms with Gasteiger partial charge in [-0.15, -0.1) is 0 Å². The summed E-state index contributed by atoms with van der Waals surface area (Å²) in [5.74, 6) is 0.654. The van der Waals surface area contributed by atoms with Crippen LogP contribution in [0.2, 0.25) is 0 Å². The number of aryl methyl sites for hydroxylation is 1. The molecule has 2 aromatic rings. The van der Waals surface area contributed by atoms with E-state index in [0.29, 0.717) is 25.7 Å². The van der Waals surface area contributed by atoms with Crippen molar-refractivity contribution in [3.63, 3.8) is 0 Å². The molecular weight excluding hydrogens is 322 g/mol. The lowest BCUT2D eigenvalue weighted by Crippen LogP contribution is -2.35. The summed E-state index contributed by atoms with van der Waals surface area (Å²) in [5.41, 5.74) is 3.77. The Morgan fingerprint density at radius 1 is 1.00 bits per heavy atom. The van der Waals surface area contributed by atoms with Gasteiger partial charge >= 0.3 is 0 Å². The molecule has 0 saturated carbocycles. The predicted molar refractivity (Wildman–Crippen MR) is 108 cm³/mol. The lowest BCUT2D eigenvalue weighted by Gasteiger charge is -2.26. The van der Waals surface area contributed by atoms with Crippen LogP contribution in [0.1, 0.15) is 37.0 Å². The molecule has 0 spiro atoms. The summed E-state index contributed by atoms with van der Waals surface area (Å²) in [7, 11) is 0. The average molecular weight is 356 g/mol. The number of aliphatic hydroxyl groups excluding tert-OH is 1. The van der Waals surface area contributed by atoms with Gasteiger partial charge in [-0.2, -0.15) is 0 Å². The molecule has 0 heterocycles. The normalized spacial score (nSPS) is 12.7. The smallest absolute Gasteiger partial charge is 0.0900 e. The number of ether oxygens (including phenoxy) is 1. The van der Waals surface area contributed by atoms with Crippen LogP contribution in [0.25, 0.3) is 0 Å². The molecular formula is C23H33NO2. The Morgan fingerprint density at radius 2 is 1.69 bits per heavy atom. The van der Waals surface area contributed by atoms with Gasteiger partial charge in [0, 0.05) is 13.1 Å². The van der Waals surface area contributed by atoms with Crippen LogP contribution < -0.4 is 0 Å². The molecule has 2 rings (SSSR count). The number of benzene rings is 2. The van der Waals surface area contributed by atoms with Gasteiger partial charge in [0.25, 0.3) is 0 Å². The maximum Gasteiger partial charge on any atom is 0.0900 e. The first kappa shape index (κ1) is 20.6. The molecule has 0 aliphatic rings. The highest BCUT2D eigenvalue weighted by molar-refractivity contribution is 5.25. The first-order valence-corrected chi connectivity index (χ1v) is 9.61. The SMILES string of the molecule is Cc1ccccc1CN(CCC(C)C)CC(O)COCc1ccccc1. The fourth-order valence-corrected chi connectivity index (χ4v) is 2.94. The molecule has 0 radical (unpaired) electrons. The van der Waals surface area contributed by atoms with Crippen molar-refractivity contribution in [1.29, 1.82) is 0 Å². The number of hydrogen-bond donors (Lipinski definition) is 1. The van der Waals surface area contributed by atoms with E-state index in [2.05, 4.69) is 49.9 Å². The van der Waals surface area contributed by atoms with Crippen molar-refractivity contribution in [2.45, 2.75) is 46.4 Å². The molecule has 0 amide bonds. The Kier molecular flexibility index (Phi) is 8.82. The molecule has 0 bridgehead atoms. The van der Waals surface area contributed by atoms with Gasteiger partial charge in [-0.05, 0) is 42.5 Å². The van der Waals surface area contributed by atoms with Crippen LogP contribution in [0.3, 0.4) is 0 Å². The van der Waals surface area contributed by atoms with Gasteiger partial charge in [-0.3, -0.25) is 4.90 Å². The first-order valence-electron chi connectivity index (χ1n) is 9.61. The molecule has 0 fully saturated rings. The maximum absolute atomic E-state index is 10.4. The van der Waals surface area contributed by atoms with Crippen molar-refractivity contribution < 1.29 is 9.84 Å². The molecule has 3 nitrogen and oxygen atoms in total. The van der Waals surface area contributed by atoms with Crippen LogP contribution in [-0.4, -0.2) is 35.8 Å². The van der Waals surface area contributed by atoms with Gasteiger partial charge in [0.05, 0.1) is 19.3 Å². The van der Waals surface area contributed by atoms with E-state index in [1.165, 1.54) is 11.1 Å². The molecule has 1 N–H and O–H groups in total. The third kappa shape index (κ3) is 7.69. The third-order valence-electron chi connectivity index (χ3n) is 4.57. The van der Waals surface area contributed by atoms with E-state index in [0.717, 1.165) is 25.1 Å². The highest BCUT2D eigenvalue weighted by Crippen LogP contribution is 2.13. The van der Waals surface area contributed by atoms with Gasteiger partial charge in [0.2, 0.25) is 0 Å². The van der Waals surface area contributed by atoms with Crippen molar-refractivity contribution in [3.8, 4) is 0 Å². The fraction of sp³-hybridized carbons (Fsp3) is 0.478. The summed E-state index contributed by atoms with van der Waals surface area (Å²) in [6.45, 7) is 10.0. The van der Waals surface area contributed by atoms with Gasteiger partial charge in [0.1, 0.15) is 0 Å². The standard InChI is InChI=1S/C23H33NO2/c1-19(2)13-14-24(15-22-12-8-7-9-20(22)3)16-23(25)18-26-17-21-10-5-4-6-11-21/h4-12,19,23,25H,13-18H2,1-3H3. The second kappa shape index (κ2) is 11.1. The summed E-state index contributed by atoms with van der Waals surface area (Å²) in [4.78, 5) is 2.35. The fourth-order valence-electron chi connectivity index (χ4n) is 2.94. The Hall–Kier alpha value is -1.68. The van der Waals surface area contributed by atoms with Crippen molar-refractivity contribution >= 4 is 0 Å². The zero-order valence-electron chi connectivity index (χ0n) is 16.4. The molecule has 0 aliphatic carbocycles. The summed E-state index contributed by atoms with van der Waals surface area (Å²) in [5, 5.41) is 10.4. The topological polar surface area (TPSA) is 32.7 Å². The minimum atomic E-state index is -0.477. The van der Waals surface area contributed by atoms with E-state index in [-0.39, 0.29) is 0 Å². The van der Waals surface area contributed by atoms with E-state index in [1.807, 2.05) is 30.3 Å². The molecule has 3 heteroatoms. The highest BCUT2D eigenvalue weighted by atomic mass is 16.5. The van der Waals surface area contributed by atoms with E-state index >= 15 is 0 Å². The molecule has 142 valence electrons. The van der Waals surface area contributed by atoms with Crippen LogP contribution in [-0.2, 0) is 17.9 Å². The van der Waals surface area contributed by atoms with Gasteiger partial charge in [-0.25, -0.2) is 0 Å². The van der Waals surface area contributed by atoms with E-state index in [4.69, 9.17) is 4.74 Å². The quantitative estimate of drug-likeness (QED) is 0.648. The summed E-state index contributed by atoms with van der Waals surface area (Å²) >= 11 is 0. The van der Waals surface area contributed by atoms with Crippen LogP contribution in [0, 0.1) is 12.8 Å². The molecule has 1 unspecified atom stereocenters. The lowest BCUT2D eigenvalue weighted by molar-refractivity contribution is 0.00787. The van der Waals surface area contributed by atoms with Gasteiger partial charge in [-0.1, -0.05) is 68.4 Å². The van der Waals surface area contributed by atoms with Crippen molar-refractivity contribution in [1.82, 2.24) is 4.90 Å². The van der Waals surface area contributed by atoms with Crippen LogP contribution >= 0.6 is 0 Å². The van der Waals surface area contributed by atoms with Gasteiger partial charge < -0.3 is 9.84 Å². The average Bonchev–Trinajstić information content (AvgIpc) is 2.62. The number of hydrogen-bond acceptors (Lipinski definition) is 3. The van der Waals surface area contributed by atoms with E-state index in [9.17, 15) is 5.11 Å². The van der Waals surface area contributed by atoms with Crippen LogP contribution in [0.5, 0.6) is 0 Å². The lowest BCUT2D eigenvalue weighted by atomic mass is 10.1. The van der Waals surface area contributed by atoms with Crippen molar-refractivity contribution in [2.75, 3.05) is 19.7 Å². The first-order chi connectivity index (χ1) is 12.5.